The topological polar surface area (TPSA) is 64.4 Å². The predicted molar refractivity (Wildman–Crippen MR) is 61.4 cm³/mol. The number of rotatable bonds is 6. The maximum Gasteiger partial charge on any atom is 0.272 e. The summed E-state index contributed by atoms with van der Waals surface area (Å²) in [7, 11) is 1.64. The SMILES string of the molecule is COCCNCc1cccc([N+](=O)[O-])c1C. The highest BCUT2D eigenvalue weighted by molar-refractivity contribution is 5.44. The van der Waals surface area contributed by atoms with Gasteiger partial charge in [0.15, 0.2) is 0 Å². The van der Waals surface area contributed by atoms with E-state index in [9.17, 15) is 10.1 Å². The lowest BCUT2D eigenvalue weighted by Crippen LogP contribution is -2.19. The van der Waals surface area contributed by atoms with Crippen molar-refractivity contribution in [3.63, 3.8) is 0 Å². The fraction of sp³-hybridized carbons (Fsp3) is 0.455. The van der Waals surface area contributed by atoms with Gasteiger partial charge in [0.2, 0.25) is 0 Å². The van der Waals surface area contributed by atoms with Crippen LogP contribution in [0.15, 0.2) is 18.2 Å². The zero-order valence-electron chi connectivity index (χ0n) is 9.53. The zero-order chi connectivity index (χ0) is 12.0. The van der Waals surface area contributed by atoms with E-state index >= 15 is 0 Å². The molecule has 1 aromatic carbocycles. The second-order valence-corrected chi connectivity index (χ2v) is 3.49. The molecule has 0 aliphatic heterocycles. The van der Waals surface area contributed by atoms with E-state index in [-0.39, 0.29) is 10.6 Å². The molecule has 0 amide bonds. The Kier molecular flexibility index (Phi) is 4.88. The molecule has 0 aromatic heterocycles. The van der Waals surface area contributed by atoms with Gasteiger partial charge in [-0.3, -0.25) is 10.1 Å². The van der Waals surface area contributed by atoms with Crippen molar-refractivity contribution in [2.75, 3.05) is 20.3 Å². The maximum atomic E-state index is 10.7. The highest BCUT2D eigenvalue weighted by Gasteiger charge is 2.12. The van der Waals surface area contributed by atoms with Gasteiger partial charge in [-0.1, -0.05) is 12.1 Å². The van der Waals surface area contributed by atoms with Crippen LogP contribution < -0.4 is 5.32 Å². The molecule has 0 saturated heterocycles. The number of benzene rings is 1. The van der Waals surface area contributed by atoms with Crippen LogP contribution in [-0.2, 0) is 11.3 Å². The largest absolute Gasteiger partial charge is 0.383 e. The standard InChI is InChI=1S/C11H16N2O3/c1-9-10(8-12-6-7-16-2)4-3-5-11(9)13(14)15/h3-5,12H,6-8H2,1-2H3. The molecule has 1 aromatic rings. The normalized spacial score (nSPS) is 10.4. The molecular weight excluding hydrogens is 208 g/mol. The molecule has 1 rings (SSSR count). The summed E-state index contributed by atoms with van der Waals surface area (Å²) < 4.78 is 4.90. The Morgan fingerprint density at radius 2 is 2.25 bits per heavy atom. The van der Waals surface area contributed by atoms with Gasteiger partial charge in [-0.05, 0) is 12.5 Å². The third-order valence-electron chi connectivity index (χ3n) is 2.41. The Bertz CT molecular complexity index is 366. The van der Waals surface area contributed by atoms with Crippen LogP contribution in [0, 0.1) is 17.0 Å². The van der Waals surface area contributed by atoms with Gasteiger partial charge in [0.25, 0.3) is 5.69 Å². The van der Waals surface area contributed by atoms with E-state index in [1.54, 1.807) is 20.1 Å². The number of nitrogens with zero attached hydrogens (tertiary/aromatic N) is 1. The molecule has 5 heteroatoms. The molecule has 0 aliphatic rings. The number of nitro benzene ring substituents is 1. The Labute approximate surface area is 94.6 Å². The van der Waals surface area contributed by atoms with Crippen LogP contribution in [0.25, 0.3) is 0 Å². The van der Waals surface area contributed by atoms with Crippen LogP contribution in [0.2, 0.25) is 0 Å². The van der Waals surface area contributed by atoms with E-state index in [0.717, 1.165) is 17.7 Å². The lowest BCUT2D eigenvalue weighted by atomic mass is 10.1. The predicted octanol–water partition coefficient (Wildman–Crippen LogP) is 1.64. The van der Waals surface area contributed by atoms with Gasteiger partial charge >= 0.3 is 0 Å². The van der Waals surface area contributed by atoms with Crippen molar-refractivity contribution < 1.29 is 9.66 Å². The number of methoxy groups -OCH3 is 1. The van der Waals surface area contributed by atoms with E-state index in [1.807, 2.05) is 6.07 Å². The molecule has 0 radical (unpaired) electrons. The van der Waals surface area contributed by atoms with E-state index in [1.165, 1.54) is 6.07 Å². The fourth-order valence-electron chi connectivity index (χ4n) is 1.46. The van der Waals surface area contributed by atoms with Crippen molar-refractivity contribution in [3.8, 4) is 0 Å². The van der Waals surface area contributed by atoms with E-state index in [0.29, 0.717) is 13.2 Å². The van der Waals surface area contributed by atoms with Crippen LogP contribution in [-0.4, -0.2) is 25.2 Å². The Balaban J connectivity index is 2.66. The minimum Gasteiger partial charge on any atom is -0.383 e. The van der Waals surface area contributed by atoms with Gasteiger partial charge in [0.05, 0.1) is 11.5 Å². The molecule has 16 heavy (non-hydrogen) atoms. The van der Waals surface area contributed by atoms with Crippen molar-refractivity contribution in [1.29, 1.82) is 0 Å². The van der Waals surface area contributed by atoms with Crippen molar-refractivity contribution in [1.82, 2.24) is 5.32 Å². The molecule has 0 heterocycles. The van der Waals surface area contributed by atoms with Gasteiger partial charge in [-0.15, -0.1) is 0 Å². The van der Waals surface area contributed by atoms with Crippen molar-refractivity contribution in [3.05, 3.63) is 39.4 Å². The molecule has 0 unspecified atom stereocenters. The maximum absolute atomic E-state index is 10.7. The molecule has 0 saturated carbocycles. The number of hydrogen-bond acceptors (Lipinski definition) is 4. The lowest BCUT2D eigenvalue weighted by Gasteiger charge is -2.07. The molecule has 0 aliphatic carbocycles. The summed E-state index contributed by atoms with van der Waals surface area (Å²) >= 11 is 0. The minimum absolute atomic E-state index is 0.172. The average Bonchev–Trinajstić information content (AvgIpc) is 2.26. The monoisotopic (exact) mass is 224 g/mol. The first-order valence-corrected chi connectivity index (χ1v) is 5.09. The van der Waals surface area contributed by atoms with Crippen molar-refractivity contribution >= 4 is 5.69 Å². The van der Waals surface area contributed by atoms with Crippen molar-refractivity contribution in [2.45, 2.75) is 13.5 Å². The van der Waals surface area contributed by atoms with Crippen molar-refractivity contribution in [2.24, 2.45) is 0 Å². The molecular formula is C11H16N2O3. The Morgan fingerprint density at radius 1 is 1.50 bits per heavy atom. The highest BCUT2D eigenvalue weighted by Crippen LogP contribution is 2.20. The average molecular weight is 224 g/mol. The van der Waals surface area contributed by atoms with Crippen LogP contribution in [0.3, 0.4) is 0 Å². The summed E-state index contributed by atoms with van der Waals surface area (Å²) in [5, 5.41) is 13.9. The van der Waals surface area contributed by atoms with Crippen LogP contribution in [0.4, 0.5) is 5.69 Å². The fourth-order valence-corrected chi connectivity index (χ4v) is 1.46. The summed E-state index contributed by atoms with van der Waals surface area (Å²) in [6.07, 6.45) is 0. The quantitative estimate of drug-likeness (QED) is 0.453. The van der Waals surface area contributed by atoms with Gasteiger partial charge in [0, 0.05) is 31.8 Å². The second-order valence-electron chi connectivity index (χ2n) is 3.49. The Morgan fingerprint density at radius 3 is 2.88 bits per heavy atom. The molecule has 1 N–H and O–H groups in total. The third kappa shape index (κ3) is 3.29. The van der Waals surface area contributed by atoms with Gasteiger partial charge < -0.3 is 10.1 Å². The lowest BCUT2D eigenvalue weighted by molar-refractivity contribution is -0.385. The highest BCUT2D eigenvalue weighted by atomic mass is 16.6. The summed E-state index contributed by atoms with van der Waals surface area (Å²) in [6.45, 7) is 3.76. The van der Waals surface area contributed by atoms with Crippen LogP contribution >= 0.6 is 0 Å². The first-order chi connectivity index (χ1) is 7.66. The van der Waals surface area contributed by atoms with E-state index < -0.39 is 0 Å². The molecule has 0 atom stereocenters. The second kappa shape index (κ2) is 6.19. The number of nitrogens with one attached hydrogen (secondary N) is 1. The van der Waals surface area contributed by atoms with E-state index in [2.05, 4.69) is 5.32 Å². The summed E-state index contributed by atoms with van der Waals surface area (Å²) in [6, 6.07) is 5.12. The van der Waals surface area contributed by atoms with Gasteiger partial charge in [-0.25, -0.2) is 0 Å². The Hall–Kier alpha value is -1.46. The summed E-state index contributed by atoms with van der Waals surface area (Å²) in [5.41, 5.74) is 1.84. The van der Waals surface area contributed by atoms with Crippen LogP contribution in [0.5, 0.6) is 0 Å². The first-order valence-electron chi connectivity index (χ1n) is 5.09. The minimum atomic E-state index is -0.353. The third-order valence-corrected chi connectivity index (χ3v) is 2.41. The molecule has 88 valence electrons. The number of ether oxygens (including phenoxy) is 1. The van der Waals surface area contributed by atoms with Gasteiger partial charge in [0.1, 0.15) is 0 Å². The molecule has 5 nitrogen and oxygen atoms in total. The van der Waals surface area contributed by atoms with E-state index in [4.69, 9.17) is 4.74 Å². The molecule has 0 bridgehead atoms. The zero-order valence-corrected chi connectivity index (χ0v) is 9.53. The number of nitro groups is 1. The first kappa shape index (κ1) is 12.6. The number of hydrogen-bond donors (Lipinski definition) is 1. The molecule has 0 fully saturated rings. The summed E-state index contributed by atoms with van der Waals surface area (Å²) in [4.78, 5) is 10.4. The van der Waals surface area contributed by atoms with Gasteiger partial charge in [-0.2, -0.15) is 0 Å². The summed E-state index contributed by atoms with van der Waals surface area (Å²) in [5.74, 6) is 0. The smallest absolute Gasteiger partial charge is 0.272 e. The van der Waals surface area contributed by atoms with Crippen LogP contribution in [0.1, 0.15) is 11.1 Å². The molecule has 0 spiro atoms.